The van der Waals surface area contributed by atoms with Gasteiger partial charge in [0.1, 0.15) is 6.29 Å². The fourth-order valence-corrected chi connectivity index (χ4v) is 0.846. The van der Waals surface area contributed by atoms with Crippen molar-refractivity contribution in [2.45, 2.75) is 26.3 Å². The maximum absolute atomic E-state index is 10.3. The number of nitrogens with two attached hydrogens (primary N) is 1. The van der Waals surface area contributed by atoms with Crippen LogP contribution in [0.3, 0.4) is 0 Å². The average molecular weight is 144 g/mol. The second-order valence-corrected chi connectivity index (χ2v) is 2.78. The topological polar surface area (TPSA) is 55.1 Å². The molecule has 3 nitrogen and oxygen atoms in total. The van der Waals surface area contributed by atoms with E-state index in [1.807, 2.05) is 0 Å². The highest BCUT2D eigenvalue weighted by molar-refractivity contribution is 5.57. The number of aldehydes is 1. The summed E-state index contributed by atoms with van der Waals surface area (Å²) in [6.45, 7) is 4.53. The molecule has 0 aromatic heterocycles. The molecule has 0 fully saturated rings. The zero-order valence-corrected chi connectivity index (χ0v) is 6.63. The molecule has 0 rings (SSSR count). The van der Waals surface area contributed by atoms with Crippen molar-refractivity contribution in [1.29, 1.82) is 0 Å². The van der Waals surface area contributed by atoms with E-state index in [4.69, 9.17) is 5.73 Å². The molecule has 0 spiro atoms. The van der Waals surface area contributed by atoms with E-state index in [0.29, 0.717) is 12.6 Å². The van der Waals surface area contributed by atoms with Crippen molar-refractivity contribution in [3.63, 3.8) is 0 Å². The van der Waals surface area contributed by atoms with E-state index in [9.17, 15) is 4.79 Å². The van der Waals surface area contributed by atoms with E-state index in [1.54, 1.807) is 0 Å². The van der Waals surface area contributed by atoms with Gasteiger partial charge in [-0.3, -0.25) is 5.32 Å². The van der Waals surface area contributed by atoms with E-state index in [2.05, 4.69) is 19.2 Å². The summed E-state index contributed by atoms with van der Waals surface area (Å²) in [6, 6.07) is -0.0648. The quantitative estimate of drug-likeness (QED) is 0.425. The molecule has 0 aromatic rings. The van der Waals surface area contributed by atoms with Gasteiger partial charge in [0, 0.05) is 6.67 Å². The van der Waals surface area contributed by atoms with Crippen LogP contribution in [-0.2, 0) is 4.79 Å². The van der Waals surface area contributed by atoms with Crippen molar-refractivity contribution < 1.29 is 4.79 Å². The molecule has 0 bridgehead atoms. The highest BCUT2D eigenvalue weighted by Gasteiger charge is 2.06. The number of carbonyl (C=O) groups excluding carboxylic acids is 1. The Hall–Kier alpha value is -0.410. The Morgan fingerprint density at radius 1 is 1.60 bits per heavy atom. The number of hydrogen-bond acceptors (Lipinski definition) is 3. The van der Waals surface area contributed by atoms with E-state index in [-0.39, 0.29) is 6.04 Å². The van der Waals surface area contributed by atoms with E-state index in [0.717, 1.165) is 12.7 Å². The summed E-state index contributed by atoms with van der Waals surface area (Å²) in [5.74, 6) is 0.536. The van der Waals surface area contributed by atoms with Gasteiger partial charge in [0.15, 0.2) is 0 Å². The Labute approximate surface area is 62.0 Å². The molecule has 0 saturated carbocycles. The van der Waals surface area contributed by atoms with Gasteiger partial charge in [0.25, 0.3) is 0 Å². The van der Waals surface area contributed by atoms with Crippen LogP contribution in [-0.4, -0.2) is 19.0 Å². The highest BCUT2D eigenvalue weighted by atomic mass is 16.1. The van der Waals surface area contributed by atoms with E-state index in [1.165, 1.54) is 0 Å². The lowest BCUT2D eigenvalue weighted by atomic mass is 10.1. The number of hydrogen-bond donors (Lipinski definition) is 2. The van der Waals surface area contributed by atoms with Gasteiger partial charge in [0.2, 0.25) is 0 Å². The molecule has 0 saturated heterocycles. The van der Waals surface area contributed by atoms with Gasteiger partial charge in [-0.1, -0.05) is 13.8 Å². The molecule has 0 unspecified atom stereocenters. The number of nitrogens with one attached hydrogen (secondary N) is 1. The summed E-state index contributed by atoms with van der Waals surface area (Å²) in [5.41, 5.74) is 5.21. The highest BCUT2D eigenvalue weighted by Crippen LogP contribution is 2.01. The Balaban J connectivity index is 3.49. The summed E-state index contributed by atoms with van der Waals surface area (Å²) in [7, 11) is 0. The third-order valence-electron chi connectivity index (χ3n) is 1.27. The van der Waals surface area contributed by atoms with Crippen LogP contribution in [0.25, 0.3) is 0 Å². The molecule has 0 heterocycles. The van der Waals surface area contributed by atoms with Crippen molar-refractivity contribution in [3.05, 3.63) is 0 Å². The number of carbonyl (C=O) groups is 1. The van der Waals surface area contributed by atoms with Crippen molar-refractivity contribution in [3.8, 4) is 0 Å². The molecule has 0 aliphatic carbocycles. The Morgan fingerprint density at radius 3 is 2.50 bits per heavy atom. The summed E-state index contributed by atoms with van der Waals surface area (Å²) in [5, 5.41) is 2.87. The van der Waals surface area contributed by atoms with Crippen LogP contribution in [0, 0.1) is 5.92 Å². The molecule has 0 aromatic carbocycles. The second kappa shape index (κ2) is 5.38. The van der Waals surface area contributed by atoms with Gasteiger partial charge in [-0.15, -0.1) is 0 Å². The van der Waals surface area contributed by atoms with Crippen LogP contribution in [0.2, 0.25) is 0 Å². The summed E-state index contributed by atoms with van der Waals surface area (Å²) < 4.78 is 0. The Bertz CT molecular complexity index is 93.6. The summed E-state index contributed by atoms with van der Waals surface area (Å²) in [6.07, 6.45) is 1.77. The van der Waals surface area contributed by atoms with Gasteiger partial charge < -0.3 is 10.5 Å². The maximum atomic E-state index is 10.3. The molecular formula is C7H16N2O. The van der Waals surface area contributed by atoms with Gasteiger partial charge >= 0.3 is 0 Å². The molecule has 3 N–H and O–H groups in total. The molecular weight excluding hydrogens is 128 g/mol. The Kier molecular flexibility index (Phi) is 5.16. The lowest BCUT2D eigenvalue weighted by molar-refractivity contribution is -0.109. The lowest BCUT2D eigenvalue weighted by Crippen LogP contribution is -2.35. The van der Waals surface area contributed by atoms with E-state index >= 15 is 0 Å². The zero-order valence-electron chi connectivity index (χ0n) is 6.63. The molecule has 60 valence electrons. The van der Waals surface area contributed by atoms with Gasteiger partial charge in [-0.05, 0) is 12.3 Å². The molecule has 0 radical (unpaired) electrons. The first-order valence-corrected chi connectivity index (χ1v) is 3.59. The van der Waals surface area contributed by atoms with Crippen molar-refractivity contribution >= 4 is 6.29 Å². The molecule has 1 atom stereocenters. The monoisotopic (exact) mass is 144 g/mol. The summed E-state index contributed by atoms with van der Waals surface area (Å²) >= 11 is 0. The maximum Gasteiger partial charge on any atom is 0.136 e. The minimum atomic E-state index is -0.0648. The summed E-state index contributed by atoms with van der Waals surface area (Å²) in [4.78, 5) is 10.3. The van der Waals surface area contributed by atoms with Crippen molar-refractivity contribution in [2.75, 3.05) is 6.67 Å². The fraction of sp³-hybridized carbons (Fsp3) is 0.857. The normalized spacial score (nSPS) is 13.6. The first kappa shape index (κ1) is 9.59. The predicted molar refractivity (Wildman–Crippen MR) is 41.5 cm³/mol. The molecule has 3 heteroatoms. The SMILES string of the molecule is CC(C)C[C@@H](C=O)NCN. The molecule has 0 aliphatic heterocycles. The molecule has 0 aliphatic rings. The van der Waals surface area contributed by atoms with Gasteiger partial charge in [-0.25, -0.2) is 0 Å². The second-order valence-electron chi connectivity index (χ2n) is 2.78. The third-order valence-corrected chi connectivity index (χ3v) is 1.27. The third kappa shape index (κ3) is 4.47. The number of rotatable bonds is 5. The van der Waals surface area contributed by atoms with Crippen LogP contribution in [0.15, 0.2) is 0 Å². The first-order chi connectivity index (χ1) is 4.70. The van der Waals surface area contributed by atoms with Crippen LogP contribution < -0.4 is 11.1 Å². The van der Waals surface area contributed by atoms with Crippen LogP contribution in [0.5, 0.6) is 0 Å². The van der Waals surface area contributed by atoms with Crippen LogP contribution >= 0.6 is 0 Å². The minimum Gasteiger partial charge on any atom is -0.318 e. The Morgan fingerprint density at radius 2 is 2.20 bits per heavy atom. The standard InChI is InChI=1S/C7H16N2O/c1-6(2)3-7(4-10)9-5-8/h4,6-7,9H,3,5,8H2,1-2H3/t7-/m0/s1. The first-order valence-electron chi connectivity index (χ1n) is 3.59. The largest absolute Gasteiger partial charge is 0.318 e. The minimum absolute atomic E-state index is 0.0648. The molecule has 10 heavy (non-hydrogen) atoms. The van der Waals surface area contributed by atoms with Crippen molar-refractivity contribution in [1.82, 2.24) is 5.32 Å². The molecule has 0 amide bonds. The fourth-order valence-electron chi connectivity index (χ4n) is 0.846. The van der Waals surface area contributed by atoms with Crippen LogP contribution in [0.1, 0.15) is 20.3 Å². The van der Waals surface area contributed by atoms with Gasteiger partial charge in [-0.2, -0.15) is 0 Å². The lowest BCUT2D eigenvalue weighted by Gasteiger charge is -2.12. The average Bonchev–Trinajstić information content (AvgIpc) is 1.86. The van der Waals surface area contributed by atoms with Crippen LogP contribution in [0.4, 0.5) is 0 Å². The smallest absolute Gasteiger partial charge is 0.136 e. The zero-order chi connectivity index (χ0) is 7.98. The van der Waals surface area contributed by atoms with E-state index < -0.39 is 0 Å². The van der Waals surface area contributed by atoms with Gasteiger partial charge in [0.05, 0.1) is 6.04 Å². The van der Waals surface area contributed by atoms with Crippen molar-refractivity contribution in [2.24, 2.45) is 11.7 Å². The predicted octanol–water partition coefficient (Wildman–Crippen LogP) is 0.106.